The molecule has 0 saturated carbocycles. The zero-order valence-electron chi connectivity index (χ0n) is 18.2. The largest absolute Gasteiger partial charge is 0.403 e. The molecule has 2 aromatic heterocycles. The van der Waals surface area contributed by atoms with E-state index in [0.29, 0.717) is 23.3 Å². The summed E-state index contributed by atoms with van der Waals surface area (Å²) in [5.74, 6) is 1.22. The first kappa shape index (κ1) is 22.0. The lowest BCUT2D eigenvalue weighted by atomic mass is 10.1. The number of unbranched alkanes of at least 4 members (excludes halogenated alkanes) is 1. The van der Waals surface area contributed by atoms with Crippen LogP contribution in [0.25, 0.3) is 11.1 Å². The van der Waals surface area contributed by atoms with Crippen molar-refractivity contribution in [1.82, 2.24) is 19.8 Å². The molecule has 9 nitrogen and oxygen atoms in total. The van der Waals surface area contributed by atoms with Crippen LogP contribution in [0.5, 0.6) is 6.01 Å². The number of hydrogen-bond acceptors (Lipinski definition) is 7. The minimum atomic E-state index is -0.529. The molecule has 3 heterocycles. The van der Waals surface area contributed by atoms with Gasteiger partial charge in [0, 0.05) is 38.7 Å². The molecule has 9 heteroatoms. The normalized spacial score (nSPS) is 15.9. The molecule has 1 aliphatic rings. The van der Waals surface area contributed by atoms with Crippen molar-refractivity contribution in [2.24, 2.45) is 11.1 Å². The molecular weight excluding hydrogens is 386 g/mol. The Morgan fingerprint density at radius 2 is 2.03 bits per heavy atom. The van der Waals surface area contributed by atoms with Crippen LogP contribution in [0.3, 0.4) is 0 Å². The summed E-state index contributed by atoms with van der Waals surface area (Å²) in [6.45, 7) is 9.92. The second-order valence-electron chi connectivity index (χ2n) is 8.23. The minimum absolute atomic E-state index is 0.0208. The Kier molecular flexibility index (Phi) is 7.25. The van der Waals surface area contributed by atoms with Crippen molar-refractivity contribution in [3.05, 3.63) is 32.4 Å². The molecule has 0 aliphatic carbocycles. The molecule has 30 heavy (non-hydrogen) atoms. The molecule has 1 N–H and O–H groups in total. The lowest BCUT2D eigenvalue weighted by Crippen LogP contribution is -2.47. The van der Waals surface area contributed by atoms with Crippen LogP contribution < -0.4 is 16.0 Å². The Balaban J connectivity index is 1.89. The standard InChI is InChI=1S/C21H31N5O4/c1-5-6-7-15-13-17(27)29-20-18(15)19(28)22-21(23-20)30-24-16(12-14(2)3)26-10-8-25(4)9-11-26/h13-14H,5-12H2,1-4H3,(H,22,23,28). The van der Waals surface area contributed by atoms with E-state index in [4.69, 9.17) is 9.25 Å². The van der Waals surface area contributed by atoms with E-state index in [2.05, 4.69) is 52.7 Å². The molecule has 2 aromatic rings. The summed E-state index contributed by atoms with van der Waals surface area (Å²) in [4.78, 5) is 41.3. The Hall–Kier alpha value is -2.68. The lowest BCUT2D eigenvalue weighted by Gasteiger charge is -2.34. The van der Waals surface area contributed by atoms with E-state index in [1.54, 1.807) is 0 Å². The fraction of sp³-hybridized carbons (Fsp3) is 0.619. The Morgan fingerprint density at radius 1 is 1.30 bits per heavy atom. The summed E-state index contributed by atoms with van der Waals surface area (Å²) < 4.78 is 5.17. The molecule has 0 spiro atoms. The first-order chi connectivity index (χ1) is 14.4. The van der Waals surface area contributed by atoms with Gasteiger partial charge in [-0.05, 0) is 31.4 Å². The third kappa shape index (κ3) is 5.47. The number of nitrogens with one attached hydrogen (secondary N) is 1. The smallest absolute Gasteiger partial charge is 0.337 e. The second kappa shape index (κ2) is 9.88. The van der Waals surface area contributed by atoms with Crippen molar-refractivity contribution >= 4 is 16.9 Å². The first-order valence-electron chi connectivity index (χ1n) is 10.6. The van der Waals surface area contributed by atoms with Crippen LogP contribution in [-0.4, -0.2) is 58.8 Å². The molecule has 164 valence electrons. The number of aromatic amines is 1. The van der Waals surface area contributed by atoms with E-state index in [1.807, 2.05) is 0 Å². The van der Waals surface area contributed by atoms with Crippen molar-refractivity contribution in [1.29, 1.82) is 0 Å². The zero-order chi connectivity index (χ0) is 21.7. The SMILES string of the molecule is CCCCc1cc(=O)oc2nc(ON=C(CC(C)C)N3CCN(C)CC3)[nH]c(=O)c12. The molecule has 1 aliphatic heterocycles. The van der Waals surface area contributed by atoms with Gasteiger partial charge in [-0.2, -0.15) is 4.98 Å². The maximum absolute atomic E-state index is 12.7. The van der Waals surface area contributed by atoms with Crippen molar-refractivity contribution < 1.29 is 9.25 Å². The van der Waals surface area contributed by atoms with Gasteiger partial charge in [-0.3, -0.25) is 9.78 Å². The molecule has 1 saturated heterocycles. The minimum Gasteiger partial charge on any atom is -0.403 e. The molecule has 1 fully saturated rings. The van der Waals surface area contributed by atoms with Gasteiger partial charge in [0.25, 0.3) is 5.56 Å². The van der Waals surface area contributed by atoms with Crippen LogP contribution in [0, 0.1) is 5.92 Å². The van der Waals surface area contributed by atoms with Gasteiger partial charge in [-0.15, -0.1) is 0 Å². The number of aromatic nitrogens is 2. The van der Waals surface area contributed by atoms with Gasteiger partial charge >= 0.3 is 11.6 Å². The highest BCUT2D eigenvalue weighted by Crippen LogP contribution is 2.16. The molecular formula is C21H31N5O4. The topological polar surface area (TPSA) is 104 Å². The van der Waals surface area contributed by atoms with E-state index in [-0.39, 0.29) is 11.7 Å². The number of amidine groups is 1. The van der Waals surface area contributed by atoms with Gasteiger partial charge < -0.3 is 19.1 Å². The highest BCUT2D eigenvalue weighted by molar-refractivity contribution is 5.82. The summed E-state index contributed by atoms with van der Waals surface area (Å²) in [5.41, 5.74) is -0.304. The number of aryl methyl sites for hydroxylation is 1. The Morgan fingerprint density at radius 3 is 2.70 bits per heavy atom. The Labute approximate surface area is 175 Å². The van der Waals surface area contributed by atoms with E-state index in [1.165, 1.54) is 6.07 Å². The van der Waals surface area contributed by atoms with E-state index in [0.717, 1.165) is 51.3 Å². The molecule has 0 bridgehead atoms. The zero-order valence-corrected chi connectivity index (χ0v) is 18.2. The van der Waals surface area contributed by atoms with E-state index in [9.17, 15) is 9.59 Å². The molecule has 0 aromatic carbocycles. The summed E-state index contributed by atoms with van der Waals surface area (Å²) in [6, 6.07) is 1.28. The van der Waals surface area contributed by atoms with Crippen molar-refractivity contribution in [3.8, 4) is 6.01 Å². The Bertz CT molecular complexity index is 1000. The molecule has 3 rings (SSSR count). The summed E-state index contributed by atoms with van der Waals surface area (Å²) in [5, 5.41) is 4.59. The number of likely N-dealkylation sites (N-methyl/N-ethyl adjacent to an activating group) is 1. The maximum atomic E-state index is 12.7. The number of fused-ring (bicyclic) bond motifs is 1. The number of nitrogens with zero attached hydrogens (tertiary/aromatic N) is 4. The van der Waals surface area contributed by atoms with Gasteiger partial charge in [0.1, 0.15) is 11.2 Å². The van der Waals surface area contributed by atoms with Gasteiger partial charge in [-0.1, -0.05) is 32.3 Å². The van der Waals surface area contributed by atoms with Gasteiger partial charge in [0.05, 0.1) is 0 Å². The number of hydrogen-bond donors (Lipinski definition) is 1. The third-order valence-corrected chi connectivity index (χ3v) is 5.17. The quantitative estimate of drug-likeness (QED) is 0.418. The third-order valence-electron chi connectivity index (χ3n) is 5.17. The van der Waals surface area contributed by atoms with Gasteiger partial charge in [0.2, 0.25) is 5.71 Å². The van der Waals surface area contributed by atoms with Crippen LogP contribution in [0.15, 0.2) is 25.2 Å². The van der Waals surface area contributed by atoms with Crippen LogP contribution in [0.4, 0.5) is 0 Å². The number of H-pyrrole nitrogens is 1. The number of oxime groups is 1. The summed E-state index contributed by atoms with van der Waals surface area (Å²) in [7, 11) is 2.10. The maximum Gasteiger partial charge on any atom is 0.337 e. The lowest BCUT2D eigenvalue weighted by molar-refractivity contribution is 0.204. The molecule has 0 amide bonds. The predicted molar refractivity (Wildman–Crippen MR) is 116 cm³/mol. The van der Waals surface area contributed by atoms with Crippen LogP contribution in [0.1, 0.15) is 45.6 Å². The summed E-state index contributed by atoms with van der Waals surface area (Å²) in [6.07, 6.45) is 3.18. The van der Waals surface area contributed by atoms with E-state index >= 15 is 0 Å². The highest BCUT2D eigenvalue weighted by Gasteiger charge is 2.20. The van der Waals surface area contributed by atoms with Crippen molar-refractivity contribution in [2.45, 2.75) is 46.5 Å². The summed E-state index contributed by atoms with van der Waals surface area (Å²) >= 11 is 0. The average Bonchev–Trinajstić information content (AvgIpc) is 2.69. The number of piperazine rings is 1. The second-order valence-corrected chi connectivity index (χ2v) is 8.23. The van der Waals surface area contributed by atoms with Crippen LogP contribution in [0.2, 0.25) is 0 Å². The van der Waals surface area contributed by atoms with Crippen LogP contribution >= 0.6 is 0 Å². The van der Waals surface area contributed by atoms with Gasteiger partial charge in [-0.25, -0.2) is 4.79 Å². The molecule has 0 unspecified atom stereocenters. The molecule has 0 radical (unpaired) electrons. The average molecular weight is 418 g/mol. The van der Waals surface area contributed by atoms with Crippen molar-refractivity contribution in [2.75, 3.05) is 33.2 Å². The molecule has 0 atom stereocenters. The van der Waals surface area contributed by atoms with Gasteiger partial charge in [0.15, 0.2) is 0 Å². The first-order valence-corrected chi connectivity index (χ1v) is 10.6. The fourth-order valence-electron chi connectivity index (χ4n) is 3.49. The fourth-order valence-corrected chi connectivity index (χ4v) is 3.49. The number of rotatable bonds is 7. The monoisotopic (exact) mass is 417 g/mol. The van der Waals surface area contributed by atoms with Crippen molar-refractivity contribution in [3.63, 3.8) is 0 Å². The highest BCUT2D eigenvalue weighted by atomic mass is 16.6. The predicted octanol–water partition coefficient (Wildman–Crippen LogP) is 2.20. The van der Waals surface area contributed by atoms with E-state index < -0.39 is 11.2 Å². The van der Waals surface area contributed by atoms with Crippen LogP contribution in [-0.2, 0) is 6.42 Å².